The van der Waals surface area contributed by atoms with Crippen LogP contribution in [0.15, 0.2) is 30.9 Å². The summed E-state index contributed by atoms with van der Waals surface area (Å²) in [5, 5.41) is -1.21. The number of carbonyl (C=O) groups is 2. The zero-order chi connectivity index (χ0) is 11.4. The summed E-state index contributed by atoms with van der Waals surface area (Å²) in [5.74, 6) is 0. The quantitative estimate of drug-likeness (QED) is 0.601. The summed E-state index contributed by atoms with van der Waals surface area (Å²) in [6.07, 6.45) is 1.96. The largest absolute Gasteiger partial charge is 0.276 e. The van der Waals surface area contributed by atoms with Crippen molar-refractivity contribution in [2.45, 2.75) is 6.42 Å². The molecule has 0 amide bonds. The van der Waals surface area contributed by atoms with E-state index in [4.69, 9.17) is 23.2 Å². The van der Waals surface area contributed by atoms with Gasteiger partial charge in [0.25, 0.3) is 10.5 Å². The van der Waals surface area contributed by atoms with Gasteiger partial charge in [-0.3, -0.25) is 9.59 Å². The molecule has 0 spiro atoms. The van der Waals surface area contributed by atoms with Gasteiger partial charge in [-0.25, -0.2) is 0 Å². The minimum absolute atomic E-state index is 0.295. The lowest BCUT2D eigenvalue weighted by atomic mass is 9.99. The maximum absolute atomic E-state index is 11.1. The molecule has 78 valence electrons. The fraction of sp³-hybridized carbons (Fsp3) is 0.0909. The molecular formula is C11H8Cl2O2. The van der Waals surface area contributed by atoms with Crippen LogP contribution < -0.4 is 0 Å². The Hall–Kier alpha value is -1.12. The molecule has 0 aromatic heterocycles. The number of hydrogen-bond donors (Lipinski definition) is 0. The van der Waals surface area contributed by atoms with Crippen molar-refractivity contribution >= 4 is 33.7 Å². The van der Waals surface area contributed by atoms with E-state index in [1.165, 1.54) is 0 Å². The van der Waals surface area contributed by atoms with Crippen molar-refractivity contribution in [3.05, 3.63) is 47.5 Å². The zero-order valence-corrected chi connectivity index (χ0v) is 9.31. The van der Waals surface area contributed by atoms with Crippen LogP contribution in [-0.2, 0) is 6.42 Å². The standard InChI is InChI=1S/C11H8Cl2O2/c1-2-4-7-8(10(12)14)5-3-6-9(7)11(13)15/h2-3,5-6H,1,4H2. The summed E-state index contributed by atoms with van der Waals surface area (Å²) in [4.78, 5) is 22.2. The number of halogens is 2. The van der Waals surface area contributed by atoms with Gasteiger partial charge in [0.15, 0.2) is 0 Å². The second kappa shape index (κ2) is 5.10. The molecule has 0 saturated heterocycles. The SMILES string of the molecule is C=CCc1c(C(=O)Cl)cccc1C(=O)Cl. The number of hydrogen-bond acceptors (Lipinski definition) is 2. The lowest BCUT2D eigenvalue weighted by Crippen LogP contribution is -2.04. The van der Waals surface area contributed by atoms with Gasteiger partial charge in [-0.1, -0.05) is 12.1 Å². The van der Waals surface area contributed by atoms with Gasteiger partial charge in [0.1, 0.15) is 0 Å². The Morgan fingerprint density at radius 2 is 1.67 bits per heavy atom. The Kier molecular flexibility index (Phi) is 4.06. The van der Waals surface area contributed by atoms with E-state index in [1.807, 2.05) is 0 Å². The van der Waals surface area contributed by atoms with Gasteiger partial charge in [-0.2, -0.15) is 0 Å². The highest BCUT2D eigenvalue weighted by Crippen LogP contribution is 2.19. The van der Waals surface area contributed by atoms with Gasteiger partial charge < -0.3 is 0 Å². The predicted molar refractivity (Wildman–Crippen MR) is 60.7 cm³/mol. The van der Waals surface area contributed by atoms with Gasteiger partial charge in [-0.15, -0.1) is 6.58 Å². The van der Waals surface area contributed by atoms with Crippen molar-refractivity contribution in [3.63, 3.8) is 0 Å². The second-order valence-electron chi connectivity index (χ2n) is 2.87. The Bertz CT molecular complexity index is 392. The summed E-state index contributed by atoms with van der Waals surface area (Å²) >= 11 is 10.8. The van der Waals surface area contributed by atoms with E-state index in [1.54, 1.807) is 24.3 Å². The van der Waals surface area contributed by atoms with E-state index in [0.717, 1.165) is 0 Å². The van der Waals surface area contributed by atoms with E-state index >= 15 is 0 Å². The monoisotopic (exact) mass is 242 g/mol. The minimum atomic E-state index is -0.605. The van der Waals surface area contributed by atoms with E-state index < -0.39 is 10.5 Å². The first-order valence-corrected chi connectivity index (χ1v) is 4.96. The number of benzene rings is 1. The van der Waals surface area contributed by atoms with Crippen molar-refractivity contribution in [2.24, 2.45) is 0 Å². The second-order valence-corrected chi connectivity index (χ2v) is 3.56. The molecule has 0 aliphatic rings. The average molecular weight is 243 g/mol. The van der Waals surface area contributed by atoms with Crippen LogP contribution in [-0.4, -0.2) is 10.5 Å². The topological polar surface area (TPSA) is 34.1 Å². The third-order valence-electron chi connectivity index (χ3n) is 1.95. The van der Waals surface area contributed by atoms with Gasteiger partial charge in [0, 0.05) is 11.1 Å². The van der Waals surface area contributed by atoms with Crippen molar-refractivity contribution in [1.29, 1.82) is 0 Å². The molecule has 0 atom stereocenters. The molecule has 4 heteroatoms. The van der Waals surface area contributed by atoms with E-state index in [9.17, 15) is 9.59 Å². The lowest BCUT2D eigenvalue weighted by molar-refractivity contribution is 0.108. The summed E-state index contributed by atoms with van der Waals surface area (Å²) in [5.41, 5.74) is 1.11. The van der Waals surface area contributed by atoms with E-state index in [2.05, 4.69) is 6.58 Å². The lowest BCUT2D eigenvalue weighted by Gasteiger charge is -2.07. The maximum atomic E-state index is 11.1. The first-order valence-electron chi connectivity index (χ1n) is 4.20. The fourth-order valence-corrected chi connectivity index (χ4v) is 1.67. The van der Waals surface area contributed by atoms with Crippen molar-refractivity contribution < 1.29 is 9.59 Å². The predicted octanol–water partition coefficient (Wildman–Crippen LogP) is 3.17. The van der Waals surface area contributed by atoms with Crippen molar-refractivity contribution in [3.8, 4) is 0 Å². The molecule has 1 rings (SSSR count). The molecule has 0 N–H and O–H groups in total. The highest BCUT2D eigenvalue weighted by atomic mass is 35.5. The molecule has 0 aliphatic heterocycles. The van der Waals surface area contributed by atoms with E-state index in [-0.39, 0.29) is 0 Å². The summed E-state index contributed by atoms with van der Waals surface area (Å²) in [6, 6.07) is 4.67. The van der Waals surface area contributed by atoms with Crippen molar-refractivity contribution in [2.75, 3.05) is 0 Å². The fourth-order valence-electron chi connectivity index (χ4n) is 1.32. The smallest absolute Gasteiger partial charge is 0.252 e. The van der Waals surface area contributed by atoms with E-state index in [0.29, 0.717) is 23.1 Å². The molecule has 2 nitrogen and oxygen atoms in total. The Morgan fingerprint density at radius 1 is 1.20 bits per heavy atom. The van der Waals surface area contributed by atoms with Crippen LogP contribution in [0.2, 0.25) is 0 Å². The molecule has 1 aromatic rings. The van der Waals surface area contributed by atoms with Crippen LogP contribution >= 0.6 is 23.2 Å². The Balaban J connectivity index is 3.40. The summed E-state index contributed by atoms with van der Waals surface area (Å²) < 4.78 is 0. The zero-order valence-electron chi connectivity index (χ0n) is 7.80. The highest BCUT2D eigenvalue weighted by Gasteiger charge is 2.15. The molecule has 0 radical (unpaired) electrons. The highest BCUT2D eigenvalue weighted by molar-refractivity contribution is 6.69. The first-order chi connectivity index (χ1) is 7.07. The Labute approximate surface area is 97.5 Å². The molecule has 0 bridgehead atoms. The molecular weight excluding hydrogens is 235 g/mol. The molecule has 0 saturated carbocycles. The average Bonchev–Trinajstić information content (AvgIpc) is 2.17. The van der Waals surface area contributed by atoms with Crippen molar-refractivity contribution in [1.82, 2.24) is 0 Å². The molecule has 0 heterocycles. The molecule has 15 heavy (non-hydrogen) atoms. The van der Waals surface area contributed by atoms with Crippen LogP contribution in [0.1, 0.15) is 26.3 Å². The first kappa shape index (κ1) is 12.0. The van der Waals surface area contributed by atoms with Crippen LogP contribution in [0.4, 0.5) is 0 Å². The molecule has 1 aromatic carbocycles. The maximum Gasteiger partial charge on any atom is 0.252 e. The summed E-state index contributed by atoms with van der Waals surface area (Å²) in [6.45, 7) is 3.55. The van der Waals surface area contributed by atoms with Crippen LogP contribution in [0, 0.1) is 0 Å². The van der Waals surface area contributed by atoms with Crippen LogP contribution in [0.5, 0.6) is 0 Å². The third kappa shape index (κ3) is 2.67. The third-order valence-corrected chi connectivity index (χ3v) is 2.36. The van der Waals surface area contributed by atoms with Gasteiger partial charge in [0.05, 0.1) is 0 Å². The molecule has 0 aliphatic carbocycles. The van der Waals surface area contributed by atoms with Gasteiger partial charge in [-0.05, 0) is 47.3 Å². The number of carbonyl (C=O) groups excluding carboxylic acids is 2. The Morgan fingerprint density at radius 3 is 2.00 bits per heavy atom. The van der Waals surface area contributed by atoms with Gasteiger partial charge in [0.2, 0.25) is 0 Å². The molecule has 0 unspecified atom stereocenters. The number of rotatable bonds is 4. The van der Waals surface area contributed by atoms with Crippen LogP contribution in [0.3, 0.4) is 0 Å². The van der Waals surface area contributed by atoms with Crippen LogP contribution in [0.25, 0.3) is 0 Å². The number of allylic oxidation sites excluding steroid dienone is 1. The summed E-state index contributed by atoms with van der Waals surface area (Å²) in [7, 11) is 0. The van der Waals surface area contributed by atoms with Gasteiger partial charge >= 0.3 is 0 Å². The minimum Gasteiger partial charge on any atom is -0.276 e. The molecule has 0 fully saturated rings. The normalized spacial score (nSPS) is 9.73.